The van der Waals surface area contributed by atoms with Crippen molar-refractivity contribution in [3.05, 3.63) is 42.5 Å². The molecule has 1 aliphatic rings. The summed E-state index contributed by atoms with van der Waals surface area (Å²) in [6.07, 6.45) is 10.6. The van der Waals surface area contributed by atoms with E-state index in [2.05, 4.69) is 38.5 Å². The van der Waals surface area contributed by atoms with Gasteiger partial charge in [-0.1, -0.05) is 0 Å². The molecule has 1 fully saturated rings. The molecule has 3 rings (SSSR count). The topological polar surface area (TPSA) is 67.2 Å². The van der Waals surface area contributed by atoms with Crippen LogP contribution in [0.4, 0.5) is 0 Å². The molecule has 0 radical (unpaired) electrons. The highest BCUT2D eigenvalue weighted by molar-refractivity contribution is 5.92. The van der Waals surface area contributed by atoms with Crippen molar-refractivity contribution in [3.8, 4) is 0 Å². The van der Waals surface area contributed by atoms with Gasteiger partial charge in [0.25, 0.3) is 5.91 Å². The minimum Gasteiger partial charge on any atom is -0.337 e. The van der Waals surface area contributed by atoms with Gasteiger partial charge >= 0.3 is 0 Å². The van der Waals surface area contributed by atoms with Crippen LogP contribution >= 0.6 is 0 Å². The van der Waals surface area contributed by atoms with Crippen molar-refractivity contribution in [1.29, 1.82) is 0 Å². The fraction of sp³-hybridized carbons (Fsp3) is 0.529. The first-order valence-electron chi connectivity index (χ1n) is 8.36. The van der Waals surface area contributed by atoms with Crippen molar-refractivity contribution in [2.24, 2.45) is 0 Å². The second kappa shape index (κ2) is 7.53. The maximum Gasteiger partial charge on any atom is 0.274 e. The first-order valence-corrected chi connectivity index (χ1v) is 8.36. The van der Waals surface area contributed by atoms with Gasteiger partial charge in [-0.25, -0.2) is 9.97 Å². The Kier molecular flexibility index (Phi) is 5.20. The Labute approximate surface area is 142 Å². The lowest BCUT2D eigenvalue weighted by atomic mass is 9.97. The van der Waals surface area contributed by atoms with Gasteiger partial charge in [0.2, 0.25) is 0 Å². The molecule has 1 atom stereocenters. The summed E-state index contributed by atoms with van der Waals surface area (Å²) in [5, 5.41) is 0. The van der Waals surface area contributed by atoms with E-state index < -0.39 is 0 Å². The quantitative estimate of drug-likeness (QED) is 0.826. The highest BCUT2D eigenvalue weighted by atomic mass is 16.2. The number of hydrogen-bond donors (Lipinski definition) is 0. The van der Waals surface area contributed by atoms with Crippen LogP contribution in [0.15, 0.2) is 31.0 Å². The number of carbonyl (C=O) groups is 1. The van der Waals surface area contributed by atoms with Crippen LogP contribution in [0.5, 0.6) is 0 Å². The second-order valence-corrected chi connectivity index (χ2v) is 6.46. The van der Waals surface area contributed by atoms with Gasteiger partial charge in [0.15, 0.2) is 0 Å². The number of amides is 1. The van der Waals surface area contributed by atoms with Crippen LogP contribution in [-0.2, 0) is 6.54 Å². The summed E-state index contributed by atoms with van der Waals surface area (Å²) in [5.41, 5.74) is 0.411. The lowest BCUT2D eigenvalue weighted by molar-refractivity contribution is 0.0696. The van der Waals surface area contributed by atoms with Crippen LogP contribution in [0.25, 0.3) is 0 Å². The summed E-state index contributed by atoms with van der Waals surface area (Å²) >= 11 is 0. The van der Waals surface area contributed by atoms with E-state index in [1.54, 1.807) is 12.4 Å². The van der Waals surface area contributed by atoms with E-state index in [1.807, 2.05) is 17.3 Å². The summed E-state index contributed by atoms with van der Waals surface area (Å²) in [6.45, 7) is 3.34. The summed E-state index contributed by atoms with van der Waals surface area (Å²) in [6, 6.07) is 0. The third kappa shape index (κ3) is 3.79. The summed E-state index contributed by atoms with van der Waals surface area (Å²) < 4.78 is 2.21. The largest absolute Gasteiger partial charge is 0.337 e. The minimum absolute atomic E-state index is 0.0424. The van der Waals surface area contributed by atoms with Gasteiger partial charge in [-0.05, 0) is 26.9 Å². The average molecular weight is 328 g/mol. The first-order chi connectivity index (χ1) is 11.6. The summed E-state index contributed by atoms with van der Waals surface area (Å²) in [5.74, 6) is 1.31. The zero-order valence-electron chi connectivity index (χ0n) is 14.3. The van der Waals surface area contributed by atoms with E-state index in [0.29, 0.717) is 12.2 Å². The Bertz CT molecular complexity index is 669. The molecule has 0 N–H and O–H groups in total. The zero-order valence-corrected chi connectivity index (χ0v) is 14.3. The molecule has 0 spiro atoms. The molecule has 1 saturated heterocycles. The minimum atomic E-state index is -0.0424. The smallest absolute Gasteiger partial charge is 0.274 e. The van der Waals surface area contributed by atoms with E-state index in [0.717, 1.165) is 38.3 Å². The molecular weight excluding hydrogens is 304 g/mol. The molecule has 1 aliphatic heterocycles. The molecular formula is C17H24N6O. The first kappa shape index (κ1) is 16.6. The Balaban J connectivity index is 1.70. The number of likely N-dealkylation sites (N-methyl/N-ethyl adjacent to an activating group) is 1. The van der Waals surface area contributed by atoms with Crippen LogP contribution in [0.2, 0.25) is 0 Å². The number of piperidine rings is 1. The molecule has 0 unspecified atom stereocenters. The van der Waals surface area contributed by atoms with E-state index in [9.17, 15) is 4.79 Å². The molecule has 2 aromatic rings. The zero-order chi connectivity index (χ0) is 16.9. The lowest BCUT2D eigenvalue weighted by Crippen LogP contribution is -2.40. The monoisotopic (exact) mass is 328 g/mol. The van der Waals surface area contributed by atoms with E-state index in [-0.39, 0.29) is 11.8 Å². The molecule has 0 saturated carbocycles. The van der Waals surface area contributed by atoms with Crippen molar-refractivity contribution in [3.63, 3.8) is 0 Å². The van der Waals surface area contributed by atoms with Crippen LogP contribution in [-0.4, -0.2) is 69.0 Å². The van der Waals surface area contributed by atoms with Crippen LogP contribution in [0.3, 0.4) is 0 Å². The fourth-order valence-corrected chi connectivity index (χ4v) is 3.12. The van der Waals surface area contributed by atoms with E-state index >= 15 is 0 Å². The number of hydrogen-bond acceptors (Lipinski definition) is 5. The van der Waals surface area contributed by atoms with Crippen molar-refractivity contribution >= 4 is 5.91 Å². The predicted molar refractivity (Wildman–Crippen MR) is 90.7 cm³/mol. The van der Waals surface area contributed by atoms with Gasteiger partial charge in [-0.15, -0.1) is 0 Å². The second-order valence-electron chi connectivity index (χ2n) is 6.46. The number of nitrogens with zero attached hydrogens (tertiary/aromatic N) is 6. The number of imidazole rings is 1. The number of rotatable bonds is 5. The van der Waals surface area contributed by atoms with Crippen LogP contribution in [0.1, 0.15) is 35.1 Å². The molecule has 7 heteroatoms. The van der Waals surface area contributed by atoms with Gasteiger partial charge in [0.1, 0.15) is 11.5 Å². The highest BCUT2D eigenvalue weighted by Crippen LogP contribution is 2.26. The van der Waals surface area contributed by atoms with Crippen molar-refractivity contribution in [2.45, 2.75) is 25.3 Å². The number of carbonyl (C=O) groups excluding carboxylic acids is 1. The summed E-state index contributed by atoms with van der Waals surface area (Å²) in [7, 11) is 4.14. The maximum absolute atomic E-state index is 12.6. The third-order valence-corrected chi connectivity index (χ3v) is 4.39. The molecule has 0 bridgehead atoms. The van der Waals surface area contributed by atoms with Crippen molar-refractivity contribution in [2.75, 3.05) is 33.7 Å². The number of aromatic nitrogens is 4. The Hall–Kier alpha value is -2.28. The molecule has 0 aromatic carbocycles. The highest BCUT2D eigenvalue weighted by Gasteiger charge is 2.28. The maximum atomic E-state index is 12.6. The predicted octanol–water partition coefficient (Wildman–Crippen LogP) is 1.25. The lowest BCUT2D eigenvalue weighted by Gasteiger charge is -2.32. The van der Waals surface area contributed by atoms with Gasteiger partial charge in [0.05, 0.1) is 6.20 Å². The number of likely N-dealkylation sites (tertiary alicyclic amines) is 1. The SMILES string of the molecule is CN(C)CCn1ccnc1[C@H]1CCCN(C(=O)c2cnccn2)C1. The van der Waals surface area contributed by atoms with Gasteiger partial charge < -0.3 is 14.4 Å². The fourth-order valence-electron chi connectivity index (χ4n) is 3.12. The van der Waals surface area contributed by atoms with Crippen molar-refractivity contribution < 1.29 is 4.79 Å². The summed E-state index contributed by atoms with van der Waals surface area (Å²) in [4.78, 5) is 29.3. The Morgan fingerprint density at radius 2 is 2.17 bits per heavy atom. The van der Waals surface area contributed by atoms with Crippen LogP contribution in [0, 0.1) is 0 Å². The standard InChI is InChI=1S/C17H24N6O/c1-21(2)10-11-22-9-7-20-16(22)14-4-3-8-23(13-14)17(24)15-12-18-5-6-19-15/h5-7,9,12,14H,3-4,8,10-11,13H2,1-2H3/t14-/m0/s1. The molecule has 2 aromatic heterocycles. The molecule has 0 aliphatic carbocycles. The molecule has 128 valence electrons. The van der Waals surface area contributed by atoms with E-state index in [1.165, 1.54) is 6.20 Å². The Morgan fingerprint density at radius 1 is 1.29 bits per heavy atom. The Morgan fingerprint density at radius 3 is 2.92 bits per heavy atom. The molecule has 24 heavy (non-hydrogen) atoms. The van der Waals surface area contributed by atoms with Crippen molar-refractivity contribution in [1.82, 2.24) is 29.3 Å². The van der Waals surface area contributed by atoms with Gasteiger partial charge in [-0.3, -0.25) is 9.78 Å². The van der Waals surface area contributed by atoms with Crippen LogP contribution < -0.4 is 0 Å². The normalized spacial score (nSPS) is 18.1. The third-order valence-electron chi connectivity index (χ3n) is 4.39. The molecule has 1 amide bonds. The average Bonchev–Trinajstić information content (AvgIpc) is 3.09. The van der Waals surface area contributed by atoms with E-state index in [4.69, 9.17) is 0 Å². The van der Waals surface area contributed by atoms with Gasteiger partial charge in [-0.2, -0.15) is 0 Å². The molecule has 7 nitrogen and oxygen atoms in total. The van der Waals surface area contributed by atoms with Gasteiger partial charge in [0, 0.05) is 56.9 Å². The molecule has 3 heterocycles.